The Balaban J connectivity index is 1.88. The van der Waals surface area contributed by atoms with Gasteiger partial charge in [0, 0.05) is 12.6 Å². The summed E-state index contributed by atoms with van der Waals surface area (Å²) >= 11 is 0. The molecule has 0 saturated heterocycles. The van der Waals surface area contributed by atoms with Gasteiger partial charge in [-0.25, -0.2) is 8.42 Å². The lowest BCUT2D eigenvalue weighted by atomic mass is 9.95. The summed E-state index contributed by atoms with van der Waals surface area (Å²) in [6, 6.07) is 14.3. The molecule has 2 amide bonds. The fraction of sp³-hybridized carbons (Fsp3) is 0.481. The van der Waals surface area contributed by atoms with Gasteiger partial charge in [0.15, 0.2) is 0 Å². The van der Waals surface area contributed by atoms with Crippen molar-refractivity contribution in [3.8, 4) is 0 Å². The largest absolute Gasteiger partial charge is 0.352 e. The van der Waals surface area contributed by atoms with E-state index in [1.807, 2.05) is 56.3 Å². The van der Waals surface area contributed by atoms with Gasteiger partial charge in [-0.2, -0.15) is 0 Å². The third-order valence-electron chi connectivity index (χ3n) is 6.63. The zero-order valence-electron chi connectivity index (χ0n) is 21.2. The van der Waals surface area contributed by atoms with Crippen molar-refractivity contribution in [2.45, 2.75) is 71.5 Å². The van der Waals surface area contributed by atoms with E-state index >= 15 is 0 Å². The highest BCUT2D eigenvalue weighted by Gasteiger charge is 2.31. The van der Waals surface area contributed by atoms with E-state index in [0.717, 1.165) is 52.9 Å². The van der Waals surface area contributed by atoms with Crippen LogP contribution in [0.1, 0.15) is 55.7 Å². The number of nitrogens with zero attached hydrogens (tertiary/aromatic N) is 2. The van der Waals surface area contributed by atoms with Gasteiger partial charge in [0.05, 0.1) is 11.9 Å². The first-order valence-corrected chi connectivity index (χ1v) is 14.1. The normalized spacial score (nSPS) is 15.3. The number of rotatable bonds is 9. The van der Waals surface area contributed by atoms with Gasteiger partial charge in [-0.15, -0.1) is 0 Å². The second-order valence-electron chi connectivity index (χ2n) is 9.59. The molecule has 8 heteroatoms. The summed E-state index contributed by atoms with van der Waals surface area (Å²) < 4.78 is 26.6. The van der Waals surface area contributed by atoms with Gasteiger partial charge < -0.3 is 10.2 Å². The van der Waals surface area contributed by atoms with E-state index in [1.54, 1.807) is 13.0 Å². The van der Waals surface area contributed by atoms with Crippen molar-refractivity contribution in [2.75, 3.05) is 17.1 Å². The molecule has 3 rings (SSSR count). The number of anilines is 1. The van der Waals surface area contributed by atoms with Crippen molar-refractivity contribution < 1.29 is 18.0 Å². The van der Waals surface area contributed by atoms with Crippen LogP contribution < -0.4 is 9.62 Å². The van der Waals surface area contributed by atoms with Gasteiger partial charge in [-0.05, 0) is 56.4 Å². The number of nitrogens with one attached hydrogen (secondary N) is 1. The Morgan fingerprint density at radius 1 is 1.03 bits per heavy atom. The molecule has 1 N–H and O–H groups in total. The van der Waals surface area contributed by atoms with E-state index in [1.165, 1.54) is 11.3 Å². The minimum atomic E-state index is -3.74. The Hall–Kier alpha value is -2.87. The lowest BCUT2D eigenvalue weighted by Crippen LogP contribution is -2.53. The third kappa shape index (κ3) is 7.31. The Bertz CT molecular complexity index is 1130. The average molecular weight is 500 g/mol. The number of amides is 2. The van der Waals surface area contributed by atoms with E-state index in [-0.39, 0.29) is 25.0 Å². The minimum Gasteiger partial charge on any atom is -0.352 e. The maximum Gasteiger partial charge on any atom is 0.244 e. The average Bonchev–Trinajstić information content (AvgIpc) is 2.82. The Labute approximate surface area is 209 Å². The number of benzene rings is 2. The standard InChI is InChI=1S/C27H37N3O4S/c1-20-15-16-21(2)25(17-20)30(35(4,33)34)19-26(31)29(18-23-11-7-5-8-12-23)22(3)27(32)28-24-13-9-6-10-14-24/h5,7-8,11-12,15-17,22,24H,6,9-10,13-14,18-19H2,1-4H3,(H,28,32)/t22-/m1/s1. The molecule has 7 nitrogen and oxygen atoms in total. The Kier molecular flexibility index (Phi) is 8.94. The number of aryl methyl sites for hydroxylation is 2. The van der Waals surface area contributed by atoms with Crippen molar-refractivity contribution in [1.29, 1.82) is 0 Å². The summed E-state index contributed by atoms with van der Waals surface area (Å²) in [5.74, 6) is -0.634. The summed E-state index contributed by atoms with van der Waals surface area (Å²) in [6.45, 7) is 5.24. The zero-order chi connectivity index (χ0) is 25.6. The van der Waals surface area contributed by atoms with Crippen molar-refractivity contribution >= 4 is 27.5 Å². The van der Waals surface area contributed by atoms with Crippen LogP contribution in [-0.4, -0.2) is 50.0 Å². The van der Waals surface area contributed by atoms with E-state index < -0.39 is 22.0 Å². The lowest BCUT2D eigenvalue weighted by molar-refractivity contribution is -0.139. The molecule has 0 heterocycles. The summed E-state index contributed by atoms with van der Waals surface area (Å²) in [6.07, 6.45) is 6.35. The highest BCUT2D eigenvalue weighted by molar-refractivity contribution is 7.92. The van der Waals surface area contributed by atoms with Gasteiger partial charge >= 0.3 is 0 Å². The molecule has 0 bridgehead atoms. The highest BCUT2D eigenvalue weighted by atomic mass is 32.2. The van der Waals surface area contributed by atoms with Crippen molar-refractivity contribution in [3.05, 3.63) is 65.2 Å². The molecule has 2 aromatic rings. The number of sulfonamides is 1. The predicted molar refractivity (Wildman–Crippen MR) is 140 cm³/mol. The second-order valence-corrected chi connectivity index (χ2v) is 11.5. The predicted octanol–water partition coefficient (Wildman–Crippen LogP) is 3.94. The van der Waals surface area contributed by atoms with Gasteiger partial charge in [-0.3, -0.25) is 13.9 Å². The number of hydrogen-bond donors (Lipinski definition) is 1. The van der Waals surface area contributed by atoms with Gasteiger partial charge in [0.25, 0.3) is 0 Å². The fourth-order valence-electron chi connectivity index (χ4n) is 4.51. The summed E-state index contributed by atoms with van der Waals surface area (Å²) in [7, 11) is -3.74. The topological polar surface area (TPSA) is 86.8 Å². The molecule has 1 saturated carbocycles. The molecule has 1 fully saturated rings. The highest BCUT2D eigenvalue weighted by Crippen LogP contribution is 2.25. The van der Waals surface area contributed by atoms with E-state index in [0.29, 0.717) is 5.69 Å². The van der Waals surface area contributed by atoms with Crippen LogP contribution in [0.3, 0.4) is 0 Å². The molecule has 0 aliphatic heterocycles. The summed E-state index contributed by atoms with van der Waals surface area (Å²) in [4.78, 5) is 28.3. The lowest BCUT2D eigenvalue weighted by Gasteiger charge is -2.33. The number of hydrogen-bond acceptors (Lipinski definition) is 4. The van der Waals surface area contributed by atoms with Crippen molar-refractivity contribution in [2.24, 2.45) is 0 Å². The number of carbonyl (C=O) groups is 2. The third-order valence-corrected chi connectivity index (χ3v) is 7.75. The molecule has 0 aromatic heterocycles. The van der Waals surface area contributed by atoms with Gasteiger partial charge in [0.2, 0.25) is 21.8 Å². The van der Waals surface area contributed by atoms with Crippen LogP contribution in [0.25, 0.3) is 0 Å². The van der Waals surface area contributed by atoms with Crippen molar-refractivity contribution in [3.63, 3.8) is 0 Å². The van der Waals surface area contributed by atoms with Crippen LogP contribution in [0.4, 0.5) is 5.69 Å². The molecule has 2 aromatic carbocycles. The molecule has 1 aliphatic rings. The summed E-state index contributed by atoms with van der Waals surface area (Å²) in [5, 5.41) is 3.11. The SMILES string of the molecule is Cc1ccc(C)c(N(CC(=O)N(Cc2ccccc2)[C@H](C)C(=O)NC2CCCCC2)S(C)(=O)=O)c1. The van der Waals surface area contributed by atoms with Crippen molar-refractivity contribution in [1.82, 2.24) is 10.2 Å². The first-order chi connectivity index (χ1) is 16.6. The summed E-state index contributed by atoms with van der Waals surface area (Å²) in [5.41, 5.74) is 3.00. The van der Waals surface area contributed by atoms with E-state index in [4.69, 9.17) is 0 Å². The van der Waals surface area contributed by atoms with Gasteiger partial charge in [0.1, 0.15) is 12.6 Å². The maximum absolute atomic E-state index is 13.7. The van der Waals surface area contributed by atoms with Gasteiger partial charge in [-0.1, -0.05) is 61.7 Å². The Morgan fingerprint density at radius 2 is 1.69 bits per heavy atom. The molecule has 190 valence electrons. The molecular weight excluding hydrogens is 462 g/mol. The molecular formula is C27H37N3O4S. The van der Waals surface area contributed by atoms with Crippen LogP contribution >= 0.6 is 0 Å². The van der Waals surface area contributed by atoms with E-state index in [9.17, 15) is 18.0 Å². The van der Waals surface area contributed by atoms with E-state index in [2.05, 4.69) is 5.32 Å². The quantitative estimate of drug-likeness (QED) is 0.566. The zero-order valence-corrected chi connectivity index (χ0v) is 22.0. The molecule has 35 heavy (non-hydrogen) atoms. The monoisotopic (exact) mass is 499 g/mol. The van der Waals surface area contributed by atoms with Crippen LogP contribution in [0.2, 0.25) is 0 Å². The second kappa shape index (κ2) is 11.7. The molecule has 0 spiro atoms. The molecule has 1 atom stereocenters. The van der Waals surface area contributed by atoms with Crippen LogP contribution in [0, 0.1) is 13.8 Å². The minimum absolute atomic E-state index is 0.120. The first-order valence-electron chi connectivity index (χ1n) is 12.2. The van der Waals surface area contributed by atoms with Crippen LogP contribution in [0.5, 0.6) is 0 Å². The fourth-order valence-corrected chi connectivity index (χ4v) is 5.41. The maximum atomic E-state index is 13.7. The Morgan fingerprint density at radius 3 is 2.31 bits per heavy atom. The number of carbonyl (C=O) groups excluding carboxylic acids is 2. The smallest absolute Gasteiger partial charge is 0.244 e. The molecule has 1 aliphatic carbocycles. The molecule has 0 radical (unpaired) electrons. The first kappa shape index (κ1) is 26.7. The van der Waals surface area contributed by atoms with Crippen LogP contribution in [-0.2, 0) is 26.2 Å². The molecule has 0 unspecified atom stereocenters. The van der Waals surface area contributed by atoms with Crippen LogP contribution in [0.15, 0.2) is 48.5 Å².